The minimum absolute atomic E-state index is 0.132. The number of carbonyl (C=O) groups is 1. The average molecular weight is 410 g/mol. The number of benzene rings is 2. The molecule has 2 aromatic carbocycles. The molecule has 0 saturated carbocycles. The molecule has 29 heavy (non-hydrogen) atoms. The summed E-state index contributed by atoms with van der Waals surface area (Å²) in [7, 11) is 1.36. The van der Waals surface area contributed by atoms with Crippen LogP contribution >= 0.6 is 11.3 Å². The third-order valence-electron chi connectivity index (χ3n) is 4.75. The molecule has 0 radical (unpaired) electrons. The number of rotatable bonds is 5. The van der Waals surface area contributed by atoms with Gasteiger partial charge in [0.15, 0.2) is 4.80 Å². The number of aromatic nitrogens is 1. The van der Waals surface area contributed by atoms with Gasteiger partial charge >= 0.3 is 6.09 Å². The number of hydrogen-bond acceptors (Lipinski definition) is 5. The van der Waals surface area contributed by atoms with Gasteiger partial charge in [0.05, 0.1) is 31.1 Å². The molecule has 1 aliphatic rings. The summed E-state index contributed by atoms with van der Waals surface area (Å²) in [6.07, 6.45) is 1.71. The molecule has 1 aromatic heterocycles. The molecule has 150 valence electrons. The van der Waals surface area contributed by atoms with Crippen LogP contribution in [-0.2, 0) is 16.0 Å². The third-order valence-corrected chi connectivity index (χ3v) is 5.74. The Morgan fingerprint density at radius 3 is 2.59 bits per heavy atom. The van der Waals surface area contributed by atoms with Gasteiger partial charge in [-0.3, -0.25) is 5.32 Å². The molecule has 0 aliphatic carbocycles. The van der Waals surface area contributed by atoms with Crippen LogP contribution in [0.3, 0.4) is 0 Å². The minimum Gasteiger partial charge on any atom is -0.453 e. The summed E-state index contributed by atoms with van der Waals surface area (Å²) >= 11 is 1.43. The summed E-state index contributed by atoms with van der Waals surface area (Å²) in [5, 5.41) is 3.57. The second kappa shape index (κ2) is 9.07. The molecule has 4 rings (SSSR count). The molecule has 2 heterocycles. The largest absolute Gasteiger partial charge is 0.453 e. The lowest BCUT2D eigenvalue weighted by atomic mass is 10.1. The Morgan fingerprint density at radius 2 is 1.93 bits per heavy atom. The molecule has 1 saturated heterocycles. The summed E-state index contributed by atoms with van der Waals surface area (Å²) in [5.41, 5.74) is 2.77. The number of ether oxygens (including phenoxy) is 2. The molecule has 6 nitrogen and oxygen atoms in total. The number of amides is 1. The number of hydrogen-bond donors (Lipinski definition) is 1. The van der Waals surface area contributed by atoms with E-state index in [2.05, 4.69) is 9.88 Å². The quantitative estimate of drug-likeness (QED) is 0.658. The molecule has 1 amide bonds. The van der Waals surface area contributed by atoms with Gasteiger partial charge in [-0.1, -0.05) is 59.9 Å². The Morgan fingerprint density at radius 1 is 1.21 bits per heavy atom. The van der Waals surface area contributed by atoms with Crippen LogP contribution in [0.25, 0.3) is 11.3 Å². The second-order valence-corrected chi connectivity index (χ2v) is 7.72. The average Bonchev–Trinajstić information content (AvgIpc) is 3.38. The van der Waals surface area contributed by atoms with E-state index >= 15 is 0 Å². The van der Waals surface area contributed by atoms with Crippen molar-refractivity contribution < 1.29 is 14.3 Å². The normalized spacial score (nSPS) is 16.7. The zero-order chi connectivity index (χ0) is 20.1. The number of methoxy groups -OCH3 is 1. The van der Waals surface area contributed by atoms with Crippen LogP contribution in [0.1, 0.15) is 12.8 Å². The zero-order valence-electron chi connectivity index (χ0n) is 16.2. The molecule has 7 heteroatoms. The fourth-order valence-electron chi connectivity index (χ4n) is 3.38. The minimum atomic E-state index is -0.501. The predicted octanol–water partition coefficient (Wildman–Crippen LogP) is 4.81. The first-order valence-electron chi connectivity index (χ1n) is 9.60. The number of thiazole rings is 1. The van der Waals surface area contributed by atoms with Gasteiger partial charge in [0.1, 0.15) is 5.00 Å². The van der Waals surface area contributed by atoms with E-state index < -0.39 is 6.09 Å². The van der Waals surface area contributed by atoms with Crippen molar-refractivity contribution in [1.29, 1.82) is 0 Å². The van der Waals surface area contributed by atoms with Crippen LogP contribution in [0.5, 0.6) is 0 Å². The van der Waals surface area contributed by atoms with Gasteiger partial charge < -0.3 is 14.0 Å². The van der Waals surface area contributed by atoms with Crippen molar-refractivity contribution in [3.63, 3.8) is 0 Å². The van der Waals surface area contributed by atoms with Crippen molar-refractivity contribution in [2.45, 2.75) is 25.5 Å². The van der Waals surface area contributed by atoms with Gasteiger partial charge in [-0.15, -0.1) is 0 Å². The van der Waals surface area contributed by atoms with Crippen LogP contribution in [0.4, 0.5) is 15.5 Å². The Balaban J connectivity index is 1.89. The Labute approximate surface area is 173 Å². The Bertz CT molecular complexity index is 1020. The van der Waals surface area contributed by atoms with Gasteiger partial charge in [-0.05, 0) is 25.0 Å². The summed E-state index contributed by atoms with van der Waals surface area (Å²) in [5.74, 6) is 0. The van der Waals surface area contributed by atoms with E-state index in [1.807, 2.05) is 60.7 Å². The van der Waals surface area contributed by atoms with Crippen molar-refractivity contribution >= 4 is 28.1 Å². The van der Waals surface area contributed by atoms with Crippen molar-refractivity contribution in [2.75, 3.05) is 19.0 Å². The first-order chi connectivity index (χ1) is 14.2. The van der Waals surface area contributed by atoms with Crippen molar-refractivity contribution in [2.24, 2.45) is 4.99 Å². The molecule has 0 unspecified atom stereocenters. The standard InChI is InChI=1S/C22H23N3O3S/c1-27-22(26)24-20-19(16-9-4-2-5-10-16)25(15-18-13-8-14-28-18)21(29-20)23-17-11-6-3-7-12-17/h2-7,9-12,18H,8,13-15H2,1H3,(H,24,26)/t18-/m0/s1. The van der Waals surface area contributed by atoms with Gasteiger partial charge in [0.2, 0.25) is 0 Å². The van der Waals surface area contributed by atoms with Crippen LogP contribution in [0.15, 0.2) is 65.7 Å². The molecule has 1 N–H and O–H groups in total. The van der Waals surface area contributed by atoms with E-state index in [1.165, 1.54) is 18.4 Å². The van der Waals surface area contributed by atoms with E-state index in [0.29, 0.717) is 11.5 Å². The summed E-state index contributed by atoms with van der Waals surface area (Å²) in [6, 6.07) is 19.8. The first-order valence-corrected chi connectivity index (χ1v) is 10.4. The lowest BCUT2D eigenvalue weighted by molar-refractivity contribution is 0.0968. The summed E-state index contributed by atoms with van der Waals surface area (Å²) < 4.78 is 12.9. The van der Waals surface area contributed by atoms with Gasteiger partial charge in [-0.25, -0.2) is 9.79 Å². The molecular formula is C22H23N3O3S. The van der Waals surface area contributed by atoms with Gasteiger partial charge in [-0.2, -0.15) is 0 Å². The molecule has 1 aliphatic heterocycles. The van der Waals surface area contributed by atoms with Crippen LogP contribution in [-0.4, -0.2) is 30.5 Å². The highest BCUT2D eigenvalue weighted by Gasteiger charge is 2.23. The smallest absolute Gasteiger partial charge is 0.412 e. The maximum absolute atomic E-state index is 12.0. The second-order valence-electron chi connectivity index (χ2n) is 6.74. The topological polar surface area (TPSA) is 64.8 Å². The fourth-order valence-corrected chi connectivity index (χ4v) is 4.45. The molecule has 0 spiro atoms. The lowest BCUT2D eigenvalue weighted by Crippen LogP contribution is -2.24. The number of para-hydroxylation sites is 1. The zero-order valence-corrected chi connectivity index (χ0v) is 17.0. The molecule has 1 fully saturated rings. The number of anilines is 1. The fraction of sp³-hybridized carbons (Fsp3) is 0.273. The maximum atomic E-state index is 12.0. The molecule has 1 atom stereocenters. The highest BCUT2D eigenvalue weighted by Crippen LogP contribution is 2.32. The Hall–Kier alpha value is -2.90. The SMILES string of the molecule is COC(=O)Nc1sc(=Nc2ccccc2)n(C[C@@H]2CCCO2)c1-c1ccccc1. The van der Waals surface area contributed by atoms with Crippen molar-refractivity contribution in [3.05, 3.63) is 65.5 Å². The number of nitrogens with zero attached hydrogens (tertiary/aromatic N) is 2. The van der Waals surface area contributed by atoms with Crippen LogP contribution in [0.2, 0.25) is 0 Å². The number of nitrogens with one attached hydrogen (secondary N) is 1. The predicted molar refractivity (Wildman–Crippen MR) is 114 cm³/mol. The molecule has 3 aromatic rings. The van der Waals surface area contributed by atoms with E-state index in [1.54, 1.807) is 0 Å². The monoisotopic (exact) mass is 409 g/mol. The maximum Gasteiger partial charge on any atom is 0.412 e. The van der Waals surface area contributed by atoms with E-state index in [4.69, 9.17) is 14.5 Å². The summed E-state index contributed by atoms with van der Waals surface area (Å²) in [4.78, 5) is 17.7. The van der Waals surface area contributed by atoms with Crippen LogP contribution in [0, 0.1) is 0 Å². The molecular weight excluding hydrogens is 386 g/mol. The highest BCUT2D eigenvalue weighted by atomic mass is 32.1. The highest BCUT2D eigenvalue weighted by molar-refractivity contribution is 7.14. The summed E-state index contributed by atoms with van der Waals surface area (Å²) in [6.45, 7) is 1.46. The van der Waals surface area contributed by atoms with Crippen molar-refractivity contribution in [3.8, 4) is 11.3 Å². The Kier molecular flexibility index (Phi) is 6.07. The van der Waals surface area contributed by atoms with E-state index in [9.17, 15) is 4.79 Å². The lowest BCUT2D eigenvalue weighted by Gasteiger charge is -2.15. The molecule has 0 bridgehead atoms. The van der Waals surface area contributed by atoms with E-state index in [-0.39, 0.29) is 6.10 Å². The third kappa shape index (κ3) is 4.58. The van der Waals surface area contributed by atoms with Crippen LogP contribution < -0.4 is 10.1 Å². The first kappa shape index (κ1) is 19.4. The number of carbonyl (C=O) groups excluding carboxylic acids is 1. The van der Waals surface area contributed by atoms with Gasteiger partial charge in [0.25, 0.3) is 0 Å². The van der Waals surface area contributed by atoms with Crippen molar-refractivity contribution in [1.82, 2.24) is 4.57 Å². The van der Waals surface area contributed by atoms with Gasteiger partial charge in [0, 0.05) is 12.2 Å². The van der Waals surface area contributed by atoms with E-state index in [0.717, 1.165) is 41.2 Å².